The lowest BCUT2D eigenvalue weighted by atomic mass is 10.0. The first-order chi connectivity index (χ1) is 23.4. The number of anilines is 1. The molecule has 0 aromatic heterocycles. The average Bonchev–Trinajstić information content (AvgIpc) is 3.34. The second-order valence-electron chi connectivity index (χ2n) is 11.0. The van der Waals surface area contributed by atoms with Gasteiger partial charge in [0.1, 0.15) is 12.6 Å². The zero-order valence-corrected chi connectivity index (χ0v) is 26.7. The highest BCUT2D eigenvalue weighted by Crippen LogP contribution is 2.32. The molecule has 5 amide bonds. The Hall–Kier alpha value is -4.50. The summed E-state index contributed by atoms with van der Waals surface area (Å²) in [6, 6.07) is 12.3. The van der Waals surface area contributed by atoms with E-state index >= 15 is 0 Å². The number of nitrogens with zero attached hydrogens (tertiary/aromatic N) is 1. The molecule has 2 heterocycles. The number of amides is 5. The van der Waals surface area contributed by atoms with Crippen LogP contribution in [-0.2, 0) is 38.1 Å². The number of rotatable bonds is 21. The molecule has 258 valence electrons. The minimum absolute atomic E-state index is 0.0275. The van der Waals surface area contributed by atoms with Crippen LogP contribution in [0.5, 0.6) is 0 Å². The highest BCUT2D eigenvalue weighted by molar-refractivity contribution is 6.26. The normalized spacial score (nSPS) is 15.8. The van der Waals surface area contributed by atoms with Crippen LogP contribution in [0.3, 0.4) is 0 Å². The fourth-order valence-electron chi connectivity index (χ4n) is 5.11. The number of hydrogen-bond acceptors (Lipinski definition) is 11. The van der Waals surface area contributed by atoms with Gasteiger partial charge in [-0.2, -0.15) is 0 Å². The third kappa shape index (κ3) is 10.8. The molecule has 2 N–H and O–H groups in total. The lowest BCUT2D eigenvalue weighted by Crippen LogP contribution is -2.54. The van der Waals surface area contributed by atoms with E-state index in [2.05, 4.69) is 10.6 Å². The van der Waals surface area contributed by atoms with Crippen LogP contribution >= 0.6 is 0 Å². The number of hydrogen-bond donors (Lipinski definition) is 2. The Bertz CT molecular complexity index is 1430. The van der Waals surface area contributed by atoms with Gasteiger partial charge in [-0.15, -0.1) is 0 Å². The van der Waals surface area contributed by atoms with Crippen LogP contribution in [-0.4, -0.2) is 106 Å². The molecule has 1 saturated heterocycles. The number of ether oxygens (including phenoxy) is 5. The van der Waals surface area contributed by atoms with Crippen molar-refractivity contribution in [3.63, 3.8) is 0 Å². The summed E-state index contributed by atoms with van der Waals surface area (Å²) in [6.45, 7) is 3.48. The first-order valence-electron chi connectivity index (χ1n) is 16.0. The van der Waals surface area contributed by atoms with Crippen molar-refractivity contribution in [2.45, 2.75) is 44.6 Å². The third-order valence-corrected chi connectivity index (χ3v) is 7.52. The maximum Gasteiger partial charge on any atom is 0.338 e. The van der Waals surface area contributed by atoms with Crippen LogP contribution in [0.4, 0.5) is 5.69 Å². The lowest BCUT2D eigenvalue weighted by Gasteiger charge is -2.27. The third-order valence-electron chi connectivity index (χ3n) is 7.52. The quantitative estimate of drug-likeness (QED) is 0.114. The van der Waals surface area contributed by atoms with E-state index in [0.717, 1.165) is 17.7 Å². The number of carbonyl (C=O) groups is 6. The van der Waals surface area contributed by atoms with Crippen molar-refractivity contribution in [3.8, 4) is 0 Å². The molecule has 0 saturated carbocycles. The number of imide groups is 2. The summed E-state index contributed by atoms with van der Waals surface area (Å²) in [5, 5.41) is 4.89. The smallest absolute Gasteiger partial charge is 0.338 e. The Morgan fingerprint density at radius 3 is 2.04 bits per heavy atom. The predicted octanol–water partition coefficient (Wildman–Crippen LogP) is 2.51. The Morgan fingerprint density at radius 2 is 1.38 bits per heavy atom. The minimum atomic E-state index is -1.07. The van der Waals surface area contributed by atoms with Crippen LogP contribution in [0.25, 0.3) is 0 Å². The topological polar surface area (TPSA) is 176 Å². The van der Waals surface area contributed by atoms with E-state index in [1.807, 2.05) is 6.07 Å². The van der Waals surface area contributed by atoms with Crippen molar-refractivity contribution in [1.82, 2.24) is 10.2 Å². The first-order valence-corrected chi connectivity index (χ1v) is 16.0. The van der Waals surface area contributed by atoms with Gasteiger partial charge in [0.2, 0.25) is 17.7 Å². The molecule has 4 rings (SSSR count). The predicted molar refractivity (Wildman–Crippen MR) is 170 cm³/mol. The summed E-state index contributed by atoms with van der Waals surface area (Å²) in [6.07, 6.45) is 2.43. The van der Waals surface area contributed by atoms with Crippen LogP contribution in [0.1, 0.15) is 69.6 Å². The van der Waals surface area contributed by atoms with Crippen LogP contribution in [0.2, 0.25) is 0 Å². The molecule has 2 aliphatic heterocycles. The average molecular weight is 668 g/mol. The molecule has 2 aliphatic rings. The van der Waals surface area contributed by atoms with Crippen molar-refractivity contribution < 1.29 is 52.5 Å². The molecule has 14 heteroatoms. The Morgan fingerprint density at radius 1 is 0.729 bits per heavy atom. The number of unbranched alkanes of at least 4 members (excludes halogenated alkanes) is 2. The molecule has 0 radical (unpaired) electrons. The second-order valence-corrected chi connectivity index (χ2v) is 11.0. The largest absolute Gasteiger partial charge is 0.460 e. The van der Waals surface area contributed by atoms with E-state index in [9.17, 15) is 28.8 Å². The van der Waals surface area contributed by atoms with Gasteiger partial charge >= 0.3 is 5.97 Å². The van der Waals surface area contributed by atoms with E-state index in [0.29, 0.717) is 58.2 Å². The number of fused-ring (bicyclic) bond motifs is 1. The summed E-state index contributed by atoms with van der Waals surface area (Å²) in [5.74, 6) is -3.11. The van der Waals surface area contributed by atoms with Crippen molar-refractivity contribution in [2.75, 3.05) is 64.8 Å². The number of carbonyl (C=O) groups excluding carboxylic acids is 6. The Labute approximate surface area is 278 Å². The van der Waals surface area contributed by atoms with E-state index < -0.39 is 29.7 Å². The molecule has 2 aromatic rings. The van der Waals surface area contributed by atoms with Gasteiger partial charge in [-0.05, 0) is 43.5 Å². The first kappa shape index (κ1) is 36.3. The molecule has 0 bridgehead atoms. The SMILES string of the molecule is O=C1CCC(N2C(=O)c3cccc(NC(=O)CCCCCOCCOCCOCCOCCOC(=O)c4ccccc4)c3C2=O)C(=O)N1. The molecule has 1 fully saturated rings. The molecular weight excluding hydrogens is 626 g/mol. The molecule has 48 heavy (non-hydrogen) atoms. The van der Waals surface area contributed by atoms with E-state index in [4.69, 9.17) is 23.7 Å². The van der Waals surface area contributed by atoms with Gasteiger partial charge in [0, 0.05) is 19.4 Å². The van der Waals surface area contributed by atoms with E-state index in [1.165, 1.54) is 6.07 Å². The maximum absolute atomic E-state index is 13.2. The lowest BCUT2D eigenvalue weighted by molar-refractivity contribution is -0.136. The summed E-state index contributed by atoms with van der Waals surface area (Å²) >= 11 is 0. The number of nitrogens with one attached hydrogen (secondary N) is 2. The van der Waals surface area contributed by atoms with Crippen molar-refractivity contribution >= 4 is 41.2 Å². The van der Waals surface area contributed by atoms with Crippen molar-refractivity contribution in [3.05, 3.63) is 65.2 Å². The summed E-state index contributed by atoms with van der Waals surface area (Å²) in [4.78, 5) is 75.2. The number of esters is 1. The molecule has 14 nitrogen and oxygen atoms in total. The monoisotopic (exact) mass is 667 g/mol. The highest BCUT2D eigenvalue weighted by Gasteiger charge is 2.45. The Balaban J connectivity index is 0.968. The van der Waals surface area contributed by atoms with E-state index in [-0.39, 0.29) is 61.2 Å². The molecule has 1 atom stereocenters. The zero-order valence-electron chi connectivity index (χ0n) is 26.7. The highest BCUT2D eigenvalue weighted by atomic mass is 16.6. The minimum Gasteiger partial charge on any atom is -0.460 e. The van der Waals surface area contributed by atoms with Crippen LogP contribution in [0, 0.1) is 0 Å². The van der Waals surface area contributed by atoms with Gasteiger partial charge < -0.3 is 29.0 Å². The maximum atomic E-state index is 13.2. The summed E-state index contributed by atoms with van der Waals surface area (Å²) < 4.78 is 27.0. The number of piperidine rings is 1. The van der Waals surface area contributed by atoms with Gasteiger partial charge in [-0.1, -0.05) is 30.7 Å². The fraction of sp³-hybridized carbons (Fsp3) is 0.471. The second kappa shape index (κ2) is 19.4. The molecule has 0 spiro atoms. The summed E-state index contributed by atoms with van der Waals surface area (Å²) in [7, 11) is 0. The van der Waals surface area contributed by atoms with Gasteiger partial charge in [-0.25, -0.2) is 4.79 Å². The van der Waals surface area contributed by atoms with Gasteiger partial charge in [0.15, 0.2) is 0 Å². The van der Waals surface area contributed by atoms with Crippen LogP contribution in [0.15, 0.2) is 48.5 Å². The fourth-order valence-corrected chi connectivity index (χ4v) is 5.11. The molecule has 0 aliphatic carbocycles. The number of benzene rings is 2. The van der Waals surface area contributed by atoms with Gasteiger partial charge in [0.25, 0.3) is 11.8 Å². The summed E-state index contributed by atoms with van der Waals surface area (Å²) in [5.41, 5.74) is 0.876. The Kier molecular flexibility index (Phi) is 14.7. The zero-order chi connectivity index (χ0) is 34.1. The van der Waals surface area contributed by atoms with Gasteiger partial charge in [-0.3, -0.25) is 34.2 Å². The van der Waals surface area contributed by atoms with Gasteiger partial charge in [0.05, 0.1) is 68.6 Å². The van der Waals surface area contributed by atoms with E-state index in [1.54, 1.807) is 36.4 Å². The molecule has 2 aromatic carbocycles. The van der Waals surface area contributed by atoms with Crippen molar-refractivity contribution in [1.29, 1.82) is 0 Å². The molecular formula is C34H41N3O11. The standard InChI is InChI=1S/C34H41N3O11/c38-28(35-26-11-7-10-25-30(26)33(42)37(32(25)41)27-13-14-29(39)36-31(27)40)12-5-2-6-15-44-16-17-45-18-19-46-20-21-47-22-23-48-34(43)24-8-3-1-4-9-24/h1,3-4,7-11,27H,2,5-6,12-23H2,(H,35,38)(H,36,39,40). The molecule has 1 unspecified atom stereocenters. The van der Waals surface area contributed by atoms with Crippen molar-refractivity contribution in [2.24, 2.45) is 0 Å². The van der Waals surface area contributed by atoms with Crippen LogP contribution < -0.4 is 10.6 Å².